The highest BCUT2D eigenvalue weighted by Gasteiger charge is 2.45. The van der Waals surface area contributed by atoms with Crippen molar-refractivity contribution in [2.75, 3.05) is 76.1 Å². The molecule has 4 saturated heterocycles. The highest BCUT2D eigenvalue weighted by atomic mass is 16.5. The zero-order valence-electron chi connectivity index (χ0n) is 43.0. The molecule has 6 fully saturated rings. The average molecular weight is 1020 g/mol. The SMILES string of the molecule is CCOC(=O)c1cnc(Nc2cnn(C)c2)nc1NC1CCC(N2CCN(C(=O)C3CCC(C(=O)N4CCC(CCN5CCC(c6ccc7c(c6)C(=O)N(C6CCC(=O)NC6=O)C7=O)CC5)CC4)CC3)CC2)CC1. The number of carbonyl (C=O) groups is 7. The Morgan fingerprint density at radius 3 is 2.08 bits per heavy atom. The molecule has 1 unspecified atom stereocenters. The molecule has 396 valence electrons. The number of likely N-dealkylation sites (tertiary alicyclic amines) is 2. The van der Waals surface area contributed by atoms with E-state index in [9.17, 15) is 33.6 Å². The average Bonchev–Trinajstić information content (AvgIpc) is 3.95. The minimum atomic E-state index is -0.966. The molecule has 2 aromatic heterocycles. The lowest BCUT2D eigenvalue weighted by Gasteiger charge is -2.43. The van der Waals surface area contributed by atoms with Crippen molar-refractivity contribution in [2.24, 2.45) is 24.8 Å². The third kappa shape index (κ3) is 11.4. The minimum Gasteiger partial charge on any atom is -0.462 e. The maximum Gasteiger partial charge on any atom is 0.343 e. The number of rotatable bonds is 14. The molecule has 3 N–H and O–H groups in total. The molecule has 0 bridgehead atoms. The molecule has 1 aromatic carbocycles. The first-order valence-corrected chi connectivity index (χ1v) is 27.3. The third-order valence-electron chi connectivity index (χ3n) is 17.2. The normalized spacial score (nSPS) is 25.7. The molecule has 7 aliphatic rings. The van der Waals surface area contributed by atoms with Gasteiger partial charge in [-0.2, -0.15) is 10.1 Å². The highest BCUT2D eigenvalue weighted by molar-refractivity contribution is 6.23. The van der Waals surface area contributed by atoms with E-state index in [4.69, 9.17) is 4.74 Å². The van der Waals surface area contributed by atoms with E-state index in [0.717, 1.165) is 159 Å². The predicted octanol–water partition coefficient (Wildman–Crippen LogP) is 4.71. The van der Waals surface area contributed by atoms with Gasteiger partial charge in [0.1, 0.15) is 17.4 Å². The van der Waals surface area contributed by atoms with E-state index in [0.29, 0.717) is 40.4 Å². The summed E-state index contributed by atoms with van der Waals surface area (Å²) in [6, 6.07) is 5.13. The number of anilines is 3. The van der Waals surface area contributed by atoms with Crippen LogP contribution in [0.1, 0.15) is 146 Å². The van der Waals surface area contributed by atoms with Crippen LogP contribution in [0.25, 0.3) is 0 Å². The van der Waals surface area contributed by atoms with Crippen LogP contribution >= 0.6 is 0 Å². The molecule has 10 rings (SSSR count). The number of esters is 1. The number of ether oxygens (including phenoxy) is 1. The third-order valence-corrected chi connectivity index (χ3v) is 17.2. The lowest BCUT2D eigenvalue weighted by atomic mass is 9.80. The Labute approximate surface area is 432 Å². The van der Waals surface area contributed by atoms with E-state index in [-0.39, 0.29) is 61.0 Å². The number of nitrogens with one attached hydrogen (secondary N) is 3. The lowest BCUT2D eigenvalue weighted by molar-refractivity contribution is -0.143. The van der Waals surface area contributed by atoms with Gasteiger partial charge in [-0.25, -0.2) is 9.78 Å². The van der Waals surface area contributed by atoms with Gasteiger partial charge in [-0.3, -0.25) is 48.6 Å². The summed E-state index contributed by atoms with van der Waals surface area (Å²) in [7, 11) is 1.83. The van der Waals surface area contributed by atoms with Gasteiger partial charge in [0.2, 0.25) is 29.6 Å². The van der Waals surface area contributed by atoms with Gasteiger partial charge < -0.3 is 30.1 Å². The van der Waals surface area contributed by atoms with Crippen molar-refractivity contribution in [2.45, 2.75) is 127 Å². The Morgan fingerprint density at radius 1 is 0.757 bits per heavy atom. The van der Waals surface area contributed by atoms with E-state index in [1.807, 2.05) is 25.4 Å². The Balaban J connectivity index is 0.603. The number of amides is 6. The Bertz CT molecular complexity index is 2580. The van der Waals surface area contributed by atoms with E-state index in [2.05, 4.69) is 50.6 Å². The van der Waals surface area contributed by atoms with Crippen LogP contribution in [-0.2, 0) is 31.0 Å². The minimum absolute atomic E-state index is 0.00330. The van der Waals surface area contributed by atoms with Gasteiger partial charge in [0.05, 0.1) is 29.6 Å². The standard InChI is InChI=1S/C54H72N12O8/c1-3-74-53(73)44-32-55-54(58-40-31-56-61(2)33-40)60-47(44)57-39-9-11-41(12-10-39)63-26-28-65(29-27-63)50(70)37-6-4-36(5-7-37)49(69)64-24-17-34(18-25-64)16-21-62-22-19-35(20-23-62)38-8-13-42-43(30-38)52(72)66(51(42)71)45-14-15-46(67)59-48(45)68/h8,13,30-37,39,41,45H,3-7,9-12,14-29H2,1-2H3,(H,59,67,68)(H2,55,57,58,60). The topological polar surface area (TPSA) is 225 Å². The lowest BCUT2D eigenvalue weighted by Crippen LogP contribution is -2.54. The van der Waals surface area contributed by atoms with Crippen molar-refractivity contribution in [1.29, 1.82) is 0 Å². The number of benzene rings is 1. The Morgan fingerprint density at radius 2 is 1.43 bits per heavy atom. The van der Waals surface area contributed by atoms with Crippen molar-refractivity contribution in [3.05, 3.63) is 59.0 Å². The van der Waals surface area contributed by atoms with Gasteiger partial charge in [-0.15, -0.1) is 0 Å². The molecule has 20 heteroatoms. The number of aryl methyl sites for hydroxylation is 1. The molecule has 2 aliphatic carbocycles. The first kappa shape index (κ1) is 51.2. The van der Waals surface area contributed by atoms with Crippen LogP contribution < -0.4 is 16.0 Å². The molecular formula is C54H72N12O8. The zero-order chi connectivity index (χ0) is 51.5. The Hall–Kier alpha value is -6.28. The maximum absolute atomic E-state index is 13.8. The number of piperidine rings is 3. The van der Waals surface area contributed by atoms with Gasteiger partial charge >= 0.3 is 5.97 Å². The smallest absolute Gasteiger partial charge is 0.343 e. The van der Waals surface area contributed by atoms with Gasteiger partial charge in [-0.05, 0) is 146 Å². The van der Waals surface area contributed by atoms with E-state index in [1.54, 1.807) is 23.9 Å². The molecule has 0 radical (unpaired) electrons. The zero-order valence-corrected chi connectivity index (χ0v) is 43.0. The quantitative estimate of drug-likeness (QED) is 0.147. The molecule has 1 atom stereocenters. The van der Waals surface area contributed by atoms with Crippen molar-refractivity contribution in [3.63, 3.8) is 0 Å². The number of hydrogen-bond donors (Lipinski definition) is 3. The summed E-state index contributed by atoms with van der Waals surface area (Å²) < 4.78 is 6.99. The highest BCUT2D eigenvalue weighted by Crippen LogP contribution is 2.36. The molecule has 3 aromatic rings. The van der Waals surface area contributed by atoms with Gasteiger partial charge in [-0.1, -0.05) is 6.07 Å². The number of imide groups is 2. The fourth-order valence-electron chi connectivity index (χ4n) is 12.8. The number of fused-ring (bicyclic) bond motifs is 1. The van der Waals surface area contributed by atoms with Crippen molar-refractivity contribution >= 4 is 58.9 Å². The predicted molar refractivity (Wildman–Crippen MR) is 273 cm³/mol. The largest absolute Gasteiger partial charge is 0.462 e. The fraction of sp³-hybridized carbons (Fsp3) is 0.630. The number of piperazine rings is 1. The fourth-order valence-corrected chi connectivity index (χ4v) is 12.8. The molecular weight excluding hydrogens is 945 g/mol. The second kappa shape index (κ2) is 22.7. The van der Waals surface area contributed by atoms with Gasteiger partial charge in [0.25, 0.3) is 11.8 Å². The van der Waals surface area contributed by atoms with Crippen LogP contribution in [-0.4, -0.2) is 169 Å². The van der Waals surface area contributed by atoms with Crippen LogP contribution in [0, 0.1) is 17.8 Å². The van der Waals surface area contributed by atoms with Crippen LogP contribution in [0.4, 0.5) is 17.5 Å². The molecule has 20 nitrogen and oxygen atoms in total. The summed E-state index contributed by atoms with van der Waals surface area (Å²) in [4.78, 5) is 110. The summed E-state index contributed by atoms with van der Waals surface area (Å²) in [5.41, 5.74) is 2.76. The number of nitrogens with zero attached hydrogens (tertiary/aromatic N) is 9. The Kier molecular flexibility index (Phi) is 15.7. The number of aromatic nitrogens is 4. The molecule has 7 heterocycles. The van der Waals surface area contributed by atoms with E-state index >= 15 is 0 Å². The van der Waals surface area contributed by atoms with Crippen LogP contribution in [0.2, 0.25) is 0 Å². The van der Waals surface area contributed by atoms with Crippen LogP contribution in [0.3, 0.4) is 0 Å². The number of hydrogen-bond acceptors (Lipinski definition) is 15. The summed E-state index contributed by atoms with van der Waals surface area (Å²) in [5, 5.41) is 13.1. The van der Waals surface area contributed by atoms with Crippen molar-refractivity contribution in [3.8, 4) is 0 Å². The molecule has 6 amide bonds. The first-order chi connectivity index (χ1) is 35.9. The number of carbonyl (C=O) groups excluding carboxylic acids is 7. The van der Waals surface area contributed by atoms with E-state index < -0.39 is 29.7 Å². The molecule has 74 heavy (non-hydrogen) atoms. The molecule has 0 spiro atoms. The van der Waals surface area contributed by atoms with Crippen molar-refractivity contribution in [1.82, 2.24) is 49.6 Å². The van der Waals surface area contributed by atoms with Gasteiger partial charge in [0.15, 0.2) is 0 Å². The monoisotopic (exact) mass is 1020 g/mol. The second-order valence-electron chi connectivity index (χ2n) is 21.7. The van der Waals surface area contributed by atoms with Gasteiger partial charge in [0, 0.05) is 89.1 Å². The summed E-state index contributed by atoms with van der Waals surface area (Å²) in [6.45, 7) is 9.77. The van der Waals surface area contributed by atoms with Crippen molar-refractivity contribution < 1.29 is 38.3 Å². The molecule has 5 aliphatic heterocycles. The summed E-state index contributed by atoms with van der Waals surface area (Å²) >= 11 is 0. The maximum atomic E-state index is 13.8. The van der Waals surface area contributed by atoms with Crippen LogP contribution in [0.5, 0.6) is 0 Å². The second-order valence-corrected chi connectivity index (χ2v) is 21.7. The van der Waals surface area contributed by atoms with E-state index in [1.165, 1.54) is 6.20 Å². The van der Waals surface area contributed by atoms with Crippen LogP contribution in [0.15, 0.2) is 36.8 Å². The molecule has 2 saturated carbocycles. The summed E-state index contributed by atoms with van der Waals surface area (Å²) in [5.74, 6) is -0.172. The summed E-state index contributed by atoms with van der Waals surface area (Å²) in [6.07, 6.45) is 17.3. The first-order valence-electron chi connectivity index (χ1n) is 27.3.